The smallest absolute Gasteiger partial charge is 0.332 e. The lowest BCUT2D eigenvalue weighted by atomic mass is 9.86. The van der Waals surface area contributed by atoms with Gasteiger partial charge in [-0.2, -0.15) is 0 Å². The molecule has 0 aliphatic carbocycles. The molecule has 0 aliphatic heterocycles. The number of benzene rings is 1. The first-order chi connectivity index (χ1) is 8.33. The monoisotopic (exact) mass is 335 g/mol. The molecule has 0 heterocycles. The van der Waals surface area contributed by atoms with Gasteiger partial charge in [0.2, 0.25) is 10.9 Å². The van der Waals surface area contributed by atoms with Gasteiger partial charge in [0.25, 0.3) is 0 Å². The molecule has 100 valence electrons. The molecular formula is C11H14BrNO4S. The van der Waals surface area contributed by atoms with Crippen LogP contribution in [-0.4, -0.2) is 14.4 Å². The zero-order valence-electron chi connectivity index (χ0n) is 9.97. The number of rotatable bonds is 5. The van der Waals surface area contributed by atoms with Crippen molar-refractivity contribution in [1.82, 2.24) is 4.89 Å². The van der Waals surface area contributed by atoms with Crippen LogP contribution >= 0.6 is 15.9 Å². The summed E-state index contributed by atoms with van der Waals surface area (Å²) in [4.78, 5) is 17.8. The quantitative estimate of drug-likeness (QED) is 0.633. The molecule has 5 nitrogen and oxygen atoms in total. The summed E-state index contributed by atoms with van der Waals surface area (Å²) in [5, 5.41) is 0. The van der Waals surface area contributed by atoms with E-state index in [0.717, 1.165) is 10.0 Å². The summed E-state index contributed by atoms with van der Waals surface area (Å²) in [6, 6.07) is 7.51. The van der Waals surface area contributed by atoms with E-state index in [1.54, 1.807) is 18.7 Å². The van der Waals surface area contributed by atoms with Crippen LogP contribution in [0.25, 0.3) is 0 Å². The van der Waals surface area contributed by atoms with Crippen molar-refractivity contribution >= 4 is 32.8 Å². The summed E-state index contributed by atoms with van der Waals surface area (Å²) < 4.78 is 21.5. The molecule has 0 unspecified atom stereocenters. The van der Waals surface area contributed by atoms with E-state index in [2.05, 4.69) is 20.8 Å². The SMILES string of the molecule is CC(C)(Cc1ccccc1Br)C(=O)ON[SH](=O)=O. The molecule has 0 saturated heterocycles. The molecule has 1 N–H and O–H groups in total. The van der Waals surface area contributed by atoms with Gasteiger partial charge in [0.1, 0.15) is 0 Å². The van der Waals surface area contributed by atoms with Crippen LogP contribution in [0.1, 0.15) is 19.4 Å². The fourth-order valence-corrected chi connectivity index (χ4v) is 1.99. The predicted molar refractivity (Wildman–Crippen MR) is 71.2 cm³/mol. The Labute approximate surface area is 116 Å². The fraction of sp³-hybridized carbons (Fsp3) is 0.364. The zero-order valence-corrected chi connectivity index (χ0v) is 12.5. The Balaban J connectivity index is 2.75. The molecule has 0 aromatic heterocycles. The molecule has 0 radical (unpaired) electrons. The maximum absolute atomic E-state index is 11.7. The topological polar surface area (TPSA) is 72.5 Å². The van der Waals surface area contributed by atoms with Crippen molar-refractivity contribution < 1.29 is 18.0 Å². The number of thiol groups is 1. The van der Waals surface area contributed by atoms with Gasteiger partial charge in [0.15, 0.2) is 0 Å². The summed E-state index contributed by atoms with van der Waals surface area (Å²) in [5.74, 6) is -0.627. The Morgan fingerprint density at radius 3 is 2.56 bits per heavy atom. The summed E-state index contributed by atoms with van der Waals surface area (Å²) in [7, 11) is -2.95. The minimum absolute atomic E-state index is 0.435. The molecule has 0 aliphatic rings. The van der Waals surface area contributed by atoms with Gasteiger partial charge in [-0.25, -0.2) is 13.2 Å². The summed E-state index contributed by atoms with van der Waals surface area (Å²) >= 11 is 3.40. The van der Waals surface area contributed by atoms with E-state index in [1.807, 2.05) is 24.3 Å². The third-order valence-electron chi connectivity index (χ3n) is 2.36. The molecule has 0 saturated carbocycles. The van der Waals surface area contributed by atoms with Crippen molar-refractivity contribution in [3.05, 3.63) is 34.3 Å². The molecule has 1 rings (SSSR count). The first-order valence-corrected chi connectivity index (χ1v) is 7.15. The normalized spacial score (nSPS) is 11.6. The third-order valence-corrected chi connectivity index (χ3v) is 3.37. The Hall–Kier alpha value is -0.920. The van der Waals surface area contributed by atoms with Crippen molar-refractivity contribution in [3.8, 4) is 0 Å². The van der Waals surface area contributed by atoms with Gasteiger partial charge >= 0.3 is 5.97 Å². The van der Waals surface area contributed by atoms with Gasteiger partial charge in [-0.05, 0) is 36.8 Å². The molecule has 7 heteroatoms. The molecule has 0 spiro atoms. The number of halogens is 1. The standard InChI is InChI=1S/C11H14BrNO4S/c1-11(2,10(14)17-13-18(15)16)7-8-5-3-4-6-9(8)12/h3-6,18H,7H2,1-2H3,(H,13,15,16). The van der Waals surface area contributed by atoms with Crippen molar-refractivity contribution in [3.63, 3.8) is 0 Å². The highest BCUT2D eigenvalue weighted by Gasteiger charge is 2.30. The van der Waals surface area contributed by atoms with Gasteiger partial charge in [-0.3, -0.25) is 0 Å². The predicted octanol–water partition coefficient (Wildman–Crippen LogP) is 1.59. The molecule has 1 aromatic rings. The van der Waals surface area contributed by atoms with Crippen LogP contribution in [0.15, 0.2) is 28.7 Å². The summed E-state index contributed by atoms with van der Waals surface area (Å²) in [6.07, 6.45) is 0.435. The fourth-order valence-electron chi connectivity index (χ4n) is 1.41. The second kappa shape index (κ2) is 6.31. The van der Waals surface area contributed by atoms with Crippen LogP contribution in [0.2, 0.25) is 0 Å². The summed E-state index contributed by atoms with van der Waals surface area (Å²) in [6.45, 7) is 3.38. The lowest BCUT2D eigenvalue weighted by Crippen LogP contribution is -2.33. The van der Waals surface area contributed by atoms with Gasteiger partial charge in [0, 0.05) is 4.47 Å². The average molecular weight is 336 g/mol. The second-order valence-corrected chi connectivity index (χ2v) is 5.94. The summed E-state index contributed by atoms with van der Waals surface area (Å²) in [5.41, 5.74) is 0.119. The molecule has 0 fully saturated rings. The van der Waals surface area contributed by atoms with Crippen molar-refractivity contribution in [2.24, 2.45) is 5.41 Å². The molecule has 0 bridgehead atoms. The van der Waals surface area contributed by atoms with E-state index in [4.69, 9.17) is 0 Å². The number of carbonyl (C=O) groups excluding carboxylic acids is 1. The largest absolute Gasteiger partial charge is 0.355 e. The van der Waals surface area contributed by atoms with E-state index in [1.165, 1.54) is 0 Å². The first-order valence-electron chi connectivity index (χ1n) is 5.17. The highest BCUT2D eigenvalue weighted by Crippen LogP contribution is 2.27. The van der Waals surface area contributed by atoms with Gasteiger partial charge < -0.3 is 4.84 Å². The van der Waals surface area contributed by atoms with Crippen LogP contribution in [-0.2, 0) is 26.9 Å². The Morgan fingerprint density at radius 1 is 1.39 bits per heavy atom. The van der Waals surface area contributed by atoms with E-state index in [-0.39, 0.29) is 0 Å². The minimum Gasteiger partial charge on any atom is -0.355 e. The average Bonchev–Trinajstić information content (AvgIpc) is 2.28. The Bertz CT molecular complexity index is 506. The van der Waals surface area contributed by atoms with Gasteiger partial charge in [0.05, 0.1) is 5.41 Å². The molecule has 0 atom stereocenters. The van der Waals surface area contributed by atoms with Crippen molar-refractivity contribution in [1.29, 1.82) is 0 Å². The van der Waals surface area contributed by atoms with E-state index in [9.17, 15) is 13.2 Å². The minimum atomic E-state index is -2.95. The van der Waals surface area contributed by atoms with Crippen LogP contribution in [0.3, 0.4) is 0 Å². The van der Waals surface area contributed by atoms with E-state index >= 15 is 0 Å². The first kappa shape index (κ1) is 15.1. The maximum atomic E-state index is 11.7. The number of hydrogen-bond donors (Lipinski definition) is 2. The van der Waals surface area contributed by atoms with Crippen molar-refractivity contribution in [2.45, 2.75) is 20.3 Å². The molecule has 18 heavy (non-hydrogen) atoms. The number of nitrogens with one attached hydrogen (secondary N) is 1. The lowest BCUT2D eigenvalue weighted by molar-refractivity contribution is -0.157. The number of carbonyl (C=O) groups is 1. The lowest BCUT2D eigenvalue weighted by Gasteiger charge is -2.22. The highest BCUT2D eigenvalue weighted by atomic mass is 79.9. The van der Waals surface area contributed by atoms with E-state index in [0.29, 0.717) is 6.42 Å². The van der Waals surface area contributed by atoms with Crippen LogP contribution in [0, 0.1) is 5.41 Å². The van der Waals surface area contributed by atoms with Gasteiger partial charge in [-0.1, -0.05) is 34.1 Å². The highest BCUT2D eigenvalue weighted by molar-refractivity contribution is 9.10. The molecule has 1 aromatic carbocycles. The van der Waals surface area contributed by atoms with Gasteiger partial charge in [-0.15, -0.1) is 0 Å². The van der Waals surface area contributed by atoms with E-state index < -0.39 is 22.3 Å². The second-order valence-electron chi connectivity index (χ2n) is 4.39. The number of hydrogen-bond acceptors (Lipinski definition) is 4. The maximum Gasteiger partial charge on any atom is 0.332 e. The van der Waals surface area contributed by atoms with Crippen LogP contribution in [0.4, 0.5) is 0 Å². The Kier molecular flexibility index (Phi) is 5.30. The zero-order chi connectivity index (χ0) is 13.8. The third kappa shape index (κ3) is 4.40. The molecular weight excluding hydrogens is 322 g/mol. The van der Waals surface area contributed by atoms with Crippen LogP contribution in [0.5, 0.6) is 0 Å². The molecule has 0 amide bonds. The Morgan fingerprint density at radius 2 is 2.00 bits per heavy atom. The van der Waals surface area contributed by atoms with Crippen molar-refractivity contribution in [2.75, 3.05) is 0 Å². The van der Waals surface area contributed by atoms with Crippen LogP contribution < -0.4 is 4.89 Å².